The Hall–Kier alpha value is -0.710. The van der Waals surface area contributed by atoms with E-state index in [1.165, 1.54) is 0 Å². The van der Waals surface area contributed by atoms with E-state index >= 15 is 0 Å². The maximum Gasteiger partial charge on any atom is 0.389 e. The zero-order chi connectivity index (χ0) is 12.0. The Morgan fingerprint density at radius 1 is 1.25 bits per heavy atom. The van der Waals surface area contributed by atoms with Gasteiger partial charge >= 0.3 is 6.18 Å². The van der Waals surface area contributed by atoms with Crippen molar-refractivity contribution in [3.8, 4) is 5.75 Å². The number of benzene rings is 1. The van der Waals surface area contributed by atoms with E-state index in [-0.39, 0.29) is 13.0 Å². The lowest BCUT2D eigenvalue weighted by Gasteiger charge is -2.08. The molecule has 16 heavy (non-hydrogen) atoms. The average molecular weight is 297 g/mol. The molecule has 0 N–H and O–H groups in total. The van der Waals surface area contributed by atoms with E-state index in [4.69, 9.17) is 4.74 Å². The fraction of sp³-hybridized carbons (Fsp3) is 0.455. The molecule has 0 heterocycles. The summed E-state index contributed by atoms with van der Waals surface area (Å²) in [6, 6.07) is 7.27. The number of rotatable bonds is 5. The number of ether oxygens (including phenoxy) is 1. The minimum Gasteiger partial charge on any atom is -0.494 e. The van der Waals surface area contributed by atoms with Crippen LogP contribution in [0.2, 0.25) is 0 Å². The molecule has 0 saturated heterocycles. The molecule has 0 bridgehead atoms. The molecule has 0 radical (unpaired) electrons. The van der Waals surface area contributed by atoms with Crippen molar-refractivity contribution in [3.63, 3.8) is 0 Å². The van der Waals surface area contributed by atoms with Crippen molar-refractivity contribution in [2.24, 2.45) is 0 Å². The van der Waals surface area contributed by atoms with Crippen molar-refractivity contribution in [1.29, 1.82) is 0 Å². The second-order valence-electron chi connectivity index (χ2n) is 3.35. The zero-order valence-corrected chi connectivity index (χ0v) is 10.1. The molecule has 0 aromatic heterocycles. The molecule has 5 heteroatoms. The molecule has 1 rings (SSSR count). The van der Waals surface area contributed by atoms with Crippen LogP contribution in [0.1, 0.15) is 18.4 Å². The van der Waals surface area contributed by atoms with Crippen molar-refractivity contribution < 1.29 is 17.9 Å². The van der Waals surface area contributed by atoms with Crippen LogP contribution in [-0.4, -0.2) is 12.8 Å². The molecule has 0 aliphatic carbocycles. The van der Waals surface area contributed by atoms with Gasteiger partial charge in [-0.3, -0.25) is 0 Å². The smallest absolute Gasteiger partial charge is 0.389 e. The van der Waals surface area contributed by atoms with Crippen LogP contribution < -0.4 is 4.74 Å². The van der Waals surface area contributed by atoms with Crippen LogP contribution >= 0.6 is 15.9 Å². The first-order valence-corrected chi connectivity index (χ1v) is 5.98. The Kier molecular flexibility index (Phi) is 5.12. The third-order valence-electron chi connectivity index (χ3n) is 1.93. The third kappa shape index (κ3) is 5.39. The lowest BCUT2D eigenvalue weighted by Crippen LogP contribution is -2.09. The molecule has 0 spiro atoms. The summed E-state index contributed by atoms with van der Waals surface area (Å²) >= 11 is 3.30. The largest absolute Gasteiger partial charge is 0.494 e. The molecule has 0 fully saturated rings. The standard InChI is InChI=1S/C11H12BrF3O/c12-8-9-3-1-4-10(7-9)16-6-2-5-11(13,14)15/h1,3-4,7H,2,5-6,8H2. The highest BCUT2D eigenvalue weighted by Crippen LogP contribution is 2.22. The van der Waals surface area contributed by atoms with Gasteiger partial charge in [0.15, 0.2) is 0 Å². The van der Waals surface area contributed by atoms with E-state index in [0.29, 0.717) is 11.1 Å². The van der Waals surface area contributed by atoms with Gasteiger partial charge in [0.25, 0.3) is 0 Å². The highest BCUT2D eigenvalue weighted by atomic mass is 79.9. The summed E-state index contributed by atoms with van der Waals surface area (Å²) in [4.78, 5) is 0. The third-order valence-corrected chi connectivity index (χ3v) is 2.57. The summed E-state index contributed by atoms with van der Waals surface area (Å²) < 4.78 is 40.7. The highest BCUT2D eigenvalue weighted by Gasteiger charge is 2.26. The van der Waals surface area contributed by atoms with E-state index in [1.54, 1.807) is 6.07 Å². The molecule has 0 amide bonds. The van der Waals surface area contributed by atoms with E-state index in [1.807, 2.05) is 18.2 Å². The van der Waals surface area contributed by atoms with Gasteiger partial charge in [0.05, 0.1) is 6.61 Å². The summed E-state index contributed by atoms with van der Waals surface area (Å²) in [7, 11) is 0. The average Bonchev–Trinajstić information content (AvgIpc) is 2.23. The molecule has 0 atom stereocenters. The second-order valence-corrected chi connectivity index (χ2v) is 3.91. The van der Waals surface area contributed by atoms with Crippen LogP contribution in [0.15, 0.2) is 24.3 Å². The normalized spacial score (nSPS) is 11.5. The molecule has 1 aromatic carbocycles. The lowest BCUT2D eigenvalue weighted by molar-refractivity contribution is -0.136. The lowest BCUT2D eigenvalue weighted by atomic mass is 10.2. The molecule has 0 aliphatic heterocycles. The van der Waals surface area contributed by atoms with Crippen LogP contribution in [0.5, 0.6) is 5.75 Å². The maximum atomic E-state index is 11.8. The molecule has 90 valence electrons. The summed E-state index contributed by atoms with van der Waals surface area (Å²) in [5.74, 6) is 0.610. The fourth-order valence-corrected chi connectivity index (χ4v) is 1.53. The van der Waals surface area contributed by atoms with Crippen LogP contribution in [-0.2, 0) is 5.33 Å². The topological polar surface area (TPSA) is 9.23 Å². The van der Waals surface area contributed by atoms with Crippen molar-refractivity contribution in [2.45, 2.75) is 24.3 Å². The van der Waals surface area contributed by atoms with E-state index < -0.39 is 12.6 Å². The van der Waals surface area contributed by atoms with Gasteiger partial charge in [0, 0.05) is 11.8 Å². The van der Waals surface area contributed by atoms with Crippen LogP contribution in [0, 0.1) is 0 Å². The minimum absolute atomic E-state index is 0.0119. The van der Waals surface area contributed by atoms with Crippen LogP contribution in [0.4, 0.5) is 13.2 Å². The summed E-state index contributed by atoms with van der Waals surface area (Å²) in [5, 5.41) is 0.701. The van der Waals surface area contributed by atoms with Crippen molar-refractivity contribution in [2.75, 3.05) is 6.61 Å². The van der Waals surface area contributed by atoms with Gasteiger partial charge in [-0.05, 0) is 24.1 Å². The van der Waals surface area contributed by atoms with Gasteiger partial charge in [-0.1, -0.05) is 28.1 Å². The van der Waals surface area contributed by atoms with Gasteiger partial charge in [0.1, 0.15) is 5.75 Å². The number of hydrogen-bond acceptors (Lipinski definition) is 1. The van der Waals surface area contributed by atoms with Crippen molar-refractivity contribution in [3.05, 3.63) is 29.8 Å². The van der Waals surface area contributed by atoms with Gasteiger partial charge < -0.3 is 4.74 Å². The maximum absolute atomic E-state index is 11.8. The Balaban J connectivity index is 2.32. The Labute approximate surface area is 101 Å². The van der Waals surface area contributed by atoms with Gasteiger partial charge in [-0.2, -0.15) is 13.2 Å². The first-order valence-electron chi connectivity index (χ1n) is 4.86. The second kappa shape index (κ2) is 6.13. The quantitative estimate of drug-likeness (QED) is 0.581. The predicted molar refractivity (Wildman–Crippen MR) is 59.9 cm³/mol. The first-order chi connectivity index (χ1) is 7.51. The molecule has 0 saturated carbocycles. The highest BCUT2D eigenvalue weighted by molar-refractivity contribution is 9.08. The Morgan fingerprint density at radius 3 is 2.62 bits per heavy atom. The fourth-order valence-electron chi connectivity index (χ4n) is 1.18. The van der Waals surface area contributed by atoms with Gasteiger partial charge in [-0.25, -0.2) is 0 Å². The summed E-state index contributed by atoms with van der Waals surface area (Å²) in [6.45, 7) is 0.0885. The molecule has 0 unspecified atom stereocenters. The first kappa shape index (κ1) is 13.4. The molecule has 0 aliphatic rings. The van der Waals surface area contributed by atoms with Crippen molar-refractivity contribution in [1.82, 2.24) is 0 Å². The van der Waals surface area contributed by atoms with Gasteiger partial charge in [0.2, 0.25) is 0 Å². The van der Waals surface area contributed by atoms with Crippen molar-refractivity contribution >= 4 is 15.9 Å². The van der Waals surface area contributed by atoms with Crippen LogP contribution in [0.3, 0.4) is 0 Å². The molecule has 1 nitrogen and oxygen atoms in total. The monoisotopic (exact) mass is 296 g/mol. The SMILES string of the molecule is FC(F)(F)CCCOc1cccc(CBr)c1. The number of halogens is 4. The molecular weight excluding hydrogens is 285 g/mol. The minimum atomic E-state index is -4.10. The van der Waals surface area contributed by atoms with Gasteiger partial charge in [-0.15, -0.1) is 0 Å². The summed E-state index contributed by atoms with van der Waals surface area (Å²) in [5.41, 5.74) is 1.04. The summed E-state index contributed by atoms with van der Waals surface area (Å²) in [6.07, 6.45) is -4.91. The molecular formula is C11H12BrF3O. The number of hydrogen-bond donors (Lipinski definition) is 0. The Morgan fingerprint density at radius 2 is 2.00 bits per heavy atom. The van der Waals surface area contributed by atoms with E-state index in [9.17, 15) is 13.2 Å². The Bertz CT molecular complexity index is 325. The van der Waals surface area contributed by atoms with Crippen LogP contribution in [0.25, 0.3) is 0 Å². The zero-order valence-electron chi connectivity index (χ0n) is 8.56. The number of alkyl halides is 4. The molecule has 1 aromatic rings. The van der Waals surface area contributed by atoms with E-state index in [2.05, 4.69) is 15.9 Å². The predicted octanol–water partition coefficient (Wildman–Crippen LogP) is 4.30. The van der Waals surface area contributed by atoms with E-state index in [0.717, 1.165) is 5.56 Å².